The molecule has 0 aromatic carbocycles. The van der Waals surface area contributed by atoms with Gasteiger partial charge in [0, 0.05) is 19.0 Å². The van der Waals surface area contributed by atoms with Gasteiger partial charge in [-0.25, -0.2) is 0 Å². The van der Waals surface area contributed by atoms with Gasteiger partial charge in [0.05, 0.1) is 12.9 Å². The summed E-state index contributed by atoms with van der Waals surface area (Å²) in [4.78, 5) is 0. The summed E-state index contributed by atoms with van der Waals surface area (Å²) >= 11 is 0. The van der Waals surface area contributed by atoms with Crippen LogP contribution in [-0.2, 0) is 4.74 Å². The fraction of sp³-hybridized carbons (Fsp3) is 0.800. The Labute approximate surface area is 80.5 Å². The fourth-order valence-electron chi connectivity index (χ4n) is 1.54. The predicted octanol–water partition coefficient (Wildman–Crippen LogP) is 0.878. The molecule has 0 amide bonds. The third-order valence-electron chi connectivity index (χ3n) is 2.46. The molecule has 0 aliphatic carbocycles. The summed E-state index contributed by atoms with van der Waals surface area (Å²) < 4.78 is 4.99. The molecule has 3 heteroatoms. The van der Waals surface area contributed by atoms with Gasteiger partial charge in [-0.05, 0) is 25.9 Å². The summed E-state index contributed by atoms with van der Waals surface area (Å²) in [5, 5.41) is 6.85. The summed E-state index contributed by atoms with van der Waals surface area (Å²) in [5.74, 6) is 0.862. The molecule has 0 unspecified atom stereocenters. The zero-order chi connectivity index (χ0) is 9.52. The molecule has 0 aromatic rings. The van der Waals surface area contributed by atoms with Crippen LogP contribution in [0.4, 0.5) is 0 Å². The Kier molecular flexibility index (Phi) is 4.86. The normalized spacial score (nSPS) is 18.5. The van der Waals surface area contributed by atoms with Gasteiger partial charge in [-0.2, -0.15) is 0 Å². The lowest BCUT2D eigenvalue weighted by atomic mass is 10.1. The molecule has 76 valence electrons. The number of hydrogen-bond acceptors (Lipinski definition) is 3. The van der Waals surface area contributed by atoms with Crippen LogP contribution in [0.15, 0.2) is 12.3 Å². The van der Waals surface area contributed by atoms with Gasteiger partial charge in [0.1, 0.15) is 0 Å². The zero-order valence-corrected chi connectivity index (χ0v) is 8.44. The number of ether oxygens (including phenoxy) is 1. The standard InChI is InChI=1S/C10H20N2O/c1-9(13-2)3-8-12-10-4-6-11-7-5-10/h10-12H,1,3-8H2,2H3. The third kappa shape index (κ3) is 4.29. The minimum Gasteiger partial charge on any atom is -0.502 e. The molecule has 0 bridgehead atoms. The van der Waals surface area contributed by atoms with Crippen LogP contribution in [0.3, 0.4) is 0 Å². The Morgan fingerprint density at radius 3 is 2.85 bits per heavy atom. The highest BCUT2D eigenvalue weighted by Crippen LogP contribution is 2.03. The molecule has 3 nitrogen and oxygen atoms in total. The lowest BCUT2D eigenvalue weighted by Crippen LogP contribution is -2.40. The Morgan fingerprint density at radius 2 is 2.23 bits per heavy atom. The topological polar surface area (TPSA) is 33.3 Å². The molecule has 0 atom stereocenters. The van der Waals surface area contributed by atoms with Crippen LogP contribution in [0, 0.1) is 0 Å². The number of piperidine rings is 1. The maximum Gasteiger partial charge on any atom is 0.0896 e. The second-order valence-electron chi connectivity index (χ2n) is 3.47. The summed E-state index contributed by atoms with van der Waals surface area (Å²) in [5.41, 5.74) is 0. The average molecular weight is 184 g/mol. The number of methoxy groups -OCH3 is 1. The van der Waals surface area contributed by atoms with Gasteiger partial charge < -0.3 is 15.4 Å². The highest BCUT2D eigenvalue weighted by atomic mass is 16.5. The Balaban J connectivity index is 2.01. The quantitative estimate of drug-likeness (QED) is 0.622. The van der Waals surface area contributed by atoms with Gasteiger partial charge in [-0.1, -0.05) is 6.58 Å². The maximum absolute atomic E-state index is 4.99. The lowest BCUT2D eigenvalue weighted by molar-refractivity contribution is 0.274. The molecular formula is C10H20N2O. The van der Waals surface area contributed by atoms with Crippen molar-refractivity contribution in [2.75, 3.05) is 26.7 Å². The van der Waals surface area contributed by atoms with Crippen molar-refractivity contribution in [3.05, 3.63) is 12.3 Å². The minimum atomic E-state index is 0.686. The highest BCUT2D eigenvalue weighted by Gasteiger charge is 2.11. The molecule has 2 N–H and O–H groups in total. The lowest BCUT2D eigenvalue weighted by Gasteiger charge is -2.23. The van der Waals surface area contributed by atoms with E-state index in [1.807, 2.05) is 0 Å². The Bertz CT molecular complexity index is 153. The number of nitrogens with one attached hydrogen (secondary N) is 2. The van der Waals surface area contributed by atoms with Gasteiger partial charge in [0.15, 0.2) is 0 Å². The molecular weight excluding hydrogens is 164 g/mol. The summed E-state index contributed by atoms with van der Waals surface area (Å²) in [7, 11) is 1.67. The van der Waals surface area contributed by atoms with E-state index in [0.29, 0.717) is 6.04 Å². The van der Waals surface area contributed by atoms with Gasteiger partial charge in [0.2, 0.25) is 0 Å². The molecule has 1 fully saturated rings. The Hall–Kier alpha value is -0.540. The average Bonchev–Trinajstić information content (AvgIpc) is 2.19. The van der Waals surface area contributed by atoms with E-state index in [2.05, 4.69) is 17.2 Å². The largest absolute Gasteiger partial charge is 0.502 e. The van der Waals surface area contributed by atoms with E-state index in [0.717, 1.165) is 31.8 Å². The van der Waals surface area contributed by atoms with Crippen LogP contribution in [0.2, 0.25) is 0 Å². The molecule has 0 radical (unpaired) electrons. The molecule has 0 aromatic heterocycles. The van der Waals surface area contributed by atoms with Crippen LogP contribution in [-0.4, -0.2) is 32.8 Å². The van der Waals surface area contributed by atoms with Crippen molar-refractivity contribution in [2.24, 2.45) is 0 Å². The molecule has 0 spiro atoms. The molecule has 1 rings (SSSR count). The van der Waals surface area contributed by atoms with E-state index < -0.39 is 0 Å². The molecule has 1 aliphatic heterocycles. The first-order chi connectivity index (χ1) is 6.33. The molecule has 1 heterocycles. The van der Waals surface area contributed by atoms with E-state index in [-0.39, 0.29) is 0 Å². The van der Waals surface area contributed by atoms with E-state index in [1.165, 1.54) is 12.8 Å². The van der Waals surface area contributed by atoms with Crippen molar-refractivity contribution in [3.63, 3.8) is 0 Å². The van der Waals surface area contributed by atoms with Crippen LogP contribution in [0.5, 0.6) is 0 Å². The monoisotopic (exact) mass is 184 g/mol. The first-order valence-electron chi connectivity index (χ1n) is 4.99. The second kappa shape index (κ2) is 6.00. The highest BCUT2D eigenvalue weighted by molar-refractivity contribution is 4.83. The minimum absolute atomic E-state index is 0.686. The Morgan fingerprint density at radius 1 is 1.54 bits per heavy atom. The summed E-state index contributed by atoms with van der Waals surface area (Å²) in [6.45, 7) is 7.05. The van der Waals surface area contributed by atoms with Gasteiger partial charge >= 0.3 is 0 Å². The maximum atomic E-state index is 4.99. The van der Waals surface area contributed by atoms with Crippen molar-refractivity contribution in [1.29, 1.82) is 0 Å². The first-order valence-corrected chi connectivity index (χ1v) is 4.99. The molecule has 1 aliphatic rings. The van der Waals surface area contributed by atoms with Crippen molar-refractivity contribution < 1.29 is 4.74 Å². The summed E-state index contributed by atoms with van der Waals surface area (Å²) in [6, 6.07) is 0.686. The SMILES string of the molecule is C=C(CCNC1CCNCC1)OC. The van der Waals surface area contributed by atoms with Crippen molar-refractivity contribution in [1.82, 2.24) is 10.6 Å². The van der Waals surface area contributed by atoms with E-state index >= 15 is 0 Å². The van der Waals surface area contributed by atoms with Crippen molar-refractivity contribution >= 4 is 0 Å². The van der Waals surface area contributed by atoms with Crippen LogP contribution in [0.1, 0.15) is 19.3 Å². The predicted molar refractivity (Wildman–Crippen MR) is 54.7 cm³/mol. The zero-order valence-electron chi connectivity index (χ0n) is 8.44. The molecule has 1 saturated heterocycles. The molecule has 13 heavy (non-hydrogen) atoms. The van der Waals surface area contributed by atoms with E-state index in [1.54, 1.807) is 7.11 Å². The van der Waals surface area contributed by atoms with Crippen molar-refractivity contribution in [2.45, 2.75) is 25.3 Å². The van der Waals surface area contributed by atoms with Crippen LogP contribution >= 0.6 is 0 Å². The molecule has 0 saturated carbocycles. The fourth-order valence-corrected chi connectivity index (χ4v) is 1.54. The second-order valence-corrected chi connectivity index (χ2v) is 3.47. The summed E-state index contributed by atoms with van der Waals surface area (Å²) in [6.07, 6.45) is 3.39. The van der Waals surface area contributed by atoms with Gasteiger partial charge in [-0.15, -0.1) is 0 Å². The number of rotatable bonds is 5. The van der Waals surface area contributed by atoms with Gasteiger partial charge in [0.25, 0.3) is 0 Å². The van der Waals surface area contributed by atoms with Crippen LogP contribution < -0.4 is 10.6 Å². The third-order valence-corrected chi connectivity index (χ3v) is 2.46. The van der Waals surface area contributed by atoms with Crippen LogP contribution in [0.25, 0.3) is 0 Å². The number of hydrogen-bond donors (Lipinski definition) is 2. The van der Waals surface area contributed by atoms with E-state index in [9.17, 15) is 0 Å². The van der Waals surface area contributed by atoms with Gasteiger partial charge in [-0.3, -0.25) is 0 Å². The smallest absolute Gasteiger partial charge is 0.0896 e. The first kappa shape index (κ1) is 10.5. The van der Waals surface area contributed by atoms with Crippen molar-refractivity contribution in [3.8, 4) is 0 Å². The van der Waals surface area contributed by atoms with E-state index in [4.69, 9.17) is 4.74 Å².